The number of thiazole rings is 1. The highest BCUT2D eigenvalue weighted by atomic mass is 32.1. The minimum absolute atomic E-state index is 0.0569. The minimum Gasteiger partial charge on any atom is -0.497 e. The van der Waals surface area contributed by atoms with Gasteiger partial charge in [0.05, 0.1) is 22.9 Å². The number of benzene rings is 2. The summed E-state index contributed by atoms with van der Waals surface area (Å²) < 4.78 is 7.74. The van der Waals surface area contributed by atoms with Crippen LogP contribution in [0.5, 0.6) is 5.75 Å². The van der Waals surface area contributed by atoms with Crippen molar-refractivity contribution in [3.8, 4) is 5.75 Å². The van der Waals surface area contributed by atoms with Crippen LogP contribution in [-0.2, 0) is 0 Å². The van der Waals surface area contributed by atoms with Crippen LogP contribution in [-0.4, -0.2) is 22.6 Å². The van der Waals surface area contributed by atoms with E-state index in [-0.39, 0.29) is 17.5 Å². The number of rotatable bonds is 4. The van der Waals surface area contributed by atoms with Gasteiger partial charge in [-0.05, 0) is 38.1 Å². The van der Waals surface area contributed by atoms with E-state index in [2.05, 4.69) is 10.3 Å². The van der Waals surface area contributed by atoms with Crippen LogP contribution in [0, 0.1) is 0 Å². The van der Waals surface area contributed by atoms with Gasteiger partial charge in [0.15, 0.2) is 5.13 Å². The Hall–Kier alpha value is -3.19. The fourth-order valence-electron chi connectivity index (χ4n) is 3.13. The van der Waals surface area contributed by atoms with E-state index < -0.39 is 0 Å². The molecule has 2 heterocycles. The quantitative estimate of drug-likeness (QED) is 0.556. The molecule has 4 aromatic rings. The number of fused-ring (bicyclic) bond motifs is 2. The Bertz CT molecular complexity index is 1260. The maximum absolute atomic E-state index is 13.0. The first-order chi connectivity index (χ1) is 13.5. The number of anilines is 1. The van der Waals surface area contributed by atoms with Crippen LogP contribution in [0.2, 0.25) is 0 Å². The van der Waals surface area contributed by atoms with Crippen LogP contribution in [0.3, 0.4) is 0 Å². The third kappa shape index (κ3) is 3.14. The Morgan fingerprint density at radius 2 is 1.93 bits per heavy atom. The van der Waals surface area contributed by atoms with Gasteiger partial charge < -0.3 is 9.30 Å². The number of pyridine rings is 1. The van der Waals surface area contributed by atoms with E-state index in [0.717, 1.165) is 16.0 Å². The van der Waals surface area contributed by atoms with Crippen LogP contribution in [0.15, 0.2) is 53.5 Å². The molecule has 28 heavy (non-hydrogen) atoms. The molecule has 0 aliphatic heterocycles. The van der Waals surface area contributed by atoms with E-state index in [0.29, 0.717) is 21.5 Å². The first kappa shape index (κ1) is 18.2. The normalized spacial score (nSPS) is 11.3. The summed E-state index contributed by atoms with van der Waals surface area (Å²) in [6, 6.07) is 12.7. The Morgan fingerprint density at radius 3 is 2.64 bits per heavy atom. The van der Waals surface area contributed by atoms with Crippen molar-refractivity contribution in [2.24, 2.45) is 0 Å². The molecule has 0 bridgehead atoms. The fourth-order valence-corrected chi connectivity index (χ4v) is 4.01. The highest BCUT2D eigenvalue weighted by molar-refractivity contribution is 7.22. The topological polar surface area (TPSA) is 73.2 Å². The van der Waals surface area contributed by atoms with E-state index >= 15 is 0 Å². The summed E-state index contributed by atoms with van der Waals surface area (Å²) in [5, 5.41) is 4.53. The predicted octanol–water partition coefficient (Wildman–Crippen LogP) is 4.45. The molecular formula is C21H19N3O3S. The Kier molecular flexibility index (Phi) is 4.60. The second-order valence-electron chi connectivity index (χ2n) is 6.70. The van der Waals surface area contributed by atoms with Gasteiger partial charge in [-0.15, -0.1) is 0 Å². The minimum atomic E-state index is -0.295. The van der Waals surface area contributed by atoms with Crippen molar-refractivity contribution in [1.82, 2.24) is 9.55 Å². The molecule has 7 heteroatoms. The summed E-state index contributed by atoms with van der Waals surface area (Å²) in [7, 11) is 1.61. The summed E-state index contributed by atoms with van der Waals surface area (Å²) in [6.07, 6.45) is 1.63. The number of carbonyl (C=O) groups excluding carboxylic acids is 1. The maximum atomic E-state index is 13.0. The van der Waals surface area contributed by atoms with Crippen LogP contribution in [0.25, 0.3) is 21.0 Å². The number of ether oxygens (including phenoxy) is 1. The molecule has 2 aromatic heterocycles. The van der Waals surface area contributed by atoms with Gasteiger partial charge in [-0.2, -0.15) is 0 Å². The average Bonchev–Trinajstić information content (AvgIpc) is 3.09. The zero-order chi connectivity index (χ0) is 19.8. The van der Waals surface area contributed by atoms with Crippen molar-refractivity contribution >= 4 is 43.4 Å². The number of hydrogen-bond donors (Lipinski definition) is 1. The van der Waals surface area contributed by atoms with E-state index in [1.807, 2.05) is 38.1 Å². The Morgan fingerprint density at radius 1 is 1.18 bits per heavy atom. The van der Waals surface area contributed by atoms with Gasteiger partial charge in [-0.25, -0.2) is 4.98 Å². The van der Waals surface area contributed by atoms with Crippen LogP contribution >= 0.6 is 11.3 Å². The smallest absolute Gasteiger partial charge is 0.259 e. The van der Waals surface area contributed by atoms with E-state index in [1.54, 1.807) is 36.1 Å². The largest absolute Gasteiger partial charge is 0.497 e. The van der Waals surface area contributed by atoms with Gasteiger partial charge in [-0.3, -0.25) is 14.9 Å². The van der Waals surface area contributed by atoms with Crippen LogP contribution < -0.4 is 15.6 Å². The molecule has 0 unspecified atom stereocenters. The first-order valence-electron chi connectivity index (χ1n) is 8.87. The van der Waals surface area contributed by atoms with Gasteiger partial charge in [0.25, 0.3) is 11.5 Å². The molecule has 0 saturated carbocycles. The third-order valence-electron chi connectivity index (χ3n) is 4.57. The first-order valence-corrected chi connectivity index (χ1v) is 9.69. The monoisotopic (exact) mass is 393 g/mol. The van der Waals surface area contributed by atoms with Crippen LogP contribution in [0.4, 0.5) is 5.13 Å². The van der Waals surface area contributed by atoms with Crippen molar-refractivity contribution in [1.29, 1.82) is 0 Å². The second kappa shape index (κ2) is 7.09. The SMILES string of the molecule is COc1ccc2nc(NC(=O)c3cn(C(C)C)c(=O)c4ccccc34)sc2c1. The molecule has 0 aliphatic rings. The summed E-state index contributed by atoms with van der Waals surface area (Å²) in [6.45, 7) is 3.83. The fraction of sp³-hybridized carbons (Fsp3) is 0.190. The van der Waals surface area contributed by atoms with Crippen molar-refractivity contribution in [3.63, 3.8) is 0 Å². The lowest BCUT2D eigenvalue weighted by Crippen LogP contribution is -2.25. The molecule has 0 radical (unpaired) electrons. The molecule has 0 saturated heterocycles. The van der Waals surface area contributed by atoms with Gasteiger partial charge in [0.1, 0.15) is 5.75 Å². The van der Waals surface area contributed by atoms with Crippen molar-refractivity contribution in [3.05, 3.63) is 64.6 Å². The molecular weight excluding hydrogens is 374 g/mol. The lowest BCUT2D eigenvalue weighted by molar-refractivity contribution is 0.102. The molecule has 0 aliphatic carbocycles. The molecule has 4 rings (SSSR count). The standard InChI is InChI=1S/C21H19N3O3S/c1-12(2)24-11-16(14-6-4-5-7-15(14)20(24)26)19(25)23-21-22-17-9-8-13(27-3)10-18(17)28-21/h4-12H,1-3H3,(H,22,23,25). The molecule has 1 N–H and O–H groups in total. The van der Waals surface area contributed by atoms with Gasteiger partial charge >= 0.3 is 0 Å². The molecule has 2 aromatic carbocycles. The zero-order valence-corrected chi connectivity index (χ0v) is 16.5. The van der Waals surface area contributed by atoms with Crippen molar-refractivity contribution < 1.29 is 9.53 Å². The third-order valence-corrected chi connectivity index (χ3v) is 5.50. The molecule has 0 fully saturated rings. The van der Waals surface area contributed by atoms with E-state index in [1.165, 1.54) is 11.3 Å². The number of carbonyl (C=O) groups is 1. The zero-order valence-electron chi connectivity index (χ0n) is 15.7. The summed E-state index contributed by atoms with van der Waals surface area (Å²) in [5.41, 5.74) is 1.13. The molecule has 0 spiro atoms. The molecule has 142 valence electrons. The lowest BCUT2D eigenvalue weighted by Gasteiger charge is -2.14. The Labute approximate surface area is 165 Å². The van der Waals surface area contributed by atoms with Gasteiger partial charge in [-0.1, -0.05) is 29.5 Å². The van der Waals surface area contributed by atoms with E-state index in [9.17, 15) is 9.59 Å². The number of nitrogens with zero attached hydrogens (tertiary/aromatic N) is 2. The van der Waals surface area contributed by atoms with E-state index in [4.69, 9.17) is 4.74 Å². The number of nitrogens with one attached hydrogen (secondary N) is 1. The number of hydrogen-bond acceptors (Lipinski definition) is 5. The second-order valence-corrected chi connectivity index (χ2v) is 7.73. The number of aromatic nitrogens is 2. The number of methoxy groups -OCH3 is 1. The van der Waals surface area contributed by atoms with Gasteiger partial charge in [0.2, 0.25) is 0 Å². The highest BCUT2D eigenvalue weighted by Gasteiger charge is 2.17. The van der Waals surface area contributed by atoms with Crippen LogP contribution in [0.1, 0.15) is 30.2 Å². The summed E-state index contributed by atoms with van der Waals surface area (Å²) >= 11 is 1.38. The summed E-state index contributed by atoms with van der Waals surface area (Å²) in [5.74, 6) is 0.445. The lowest BCUT2D eigenvalue weighted by atomic mass is 10.1. The average molecular weight is 393 g/mol. The molecule has 6 nitrogen and oxygen atoms in total. The van der Waals surface area contributed by atoms with Crippen molar-refractivity contribution in [2.45, 2.75) is 19.9 Å². The Balaban J connectivity index is 1.77. The van der Waals surface area contributed by atoms with Crippen molar-refractivity contribution in [2.75, 3.05) is 12.4 Å². The molecule has 1 amide bonds. The predicted molar refractivity (Wildman–Crippen MR) is 113 cm³/mol. The number of amides is 1. The molecule has 0 atom stereocenters. The summed E-state index contributed by atoms with van der Waals surface area (Å²) in [4.78, 5) is 30.2. The maximum Gasteiger partial charge on any atom is 0.259 e. The highest BCUT2D eigenvalue weighted by Crippen LogP contribution is 2.29. The van der Waals surface area contributed by atoms with Gasteiger partial charge in [0, 0.05) is 23.0 Å².